The van der Waals surface area contributed by atoms with Crippen LogP contribution in [-0.2, 0) is 15.1 Å². The normalized spacial score (nSPS) is 18.1. The number of aryl methyl sites for hydroxylation is 1. The zero-order valence-electron chi connectivity index (χ0n) is 17.2. The number of urea groups is 1. The Morgan fingerprint density at radius 2 is 1.66 bits per heavy atom. The quantitative estimate of drug-likeness (QED) is 0.598. The molecule has 8 nitrogen and oxygen atoms in total. The van der Waals surface area contributed by atoms with Gasteiger partial charge in [0.2, 0.25) is 5.91 Å². The summed E-state index contributed by atoms with van der Waals surface area (Å²) in [6, 6.07) is 11.6. The van der Waals surface area contributed by atoms with E-state index in [1.807, 2.05) is 0 Å². The summed E-state index contributed by atoms with van der Waals surface area (Å²) in [6.07, 6.45) is 0. The smallest absolute Gasteiger partial charge is 0.319 e. The van der Waals surface area contributed by atoms with Crippen LogP contribution in [0.5, 0.6) is 0 Å². The fourth-order valence-corrected chi connectivity index (χ4v) is 3.51. The van der Waals surface area contributed by atoms with Crippen LogP contribution in [0.1, 0.15) is 18.2 Å². The van der Waals surface area contributed by atoms with Crippen molar-refractivity contribution in [2.24, 2.45) is 0 Å². The molecule has 4 amide bonds. The molecule has 0 bridgehead atoms. The molecular weight excluding hydrogens is 420 g/mol. The first-order chi connectivity index (χ1) is 15.2. The van der Waals surface area contributed by atoms with Crippen LogP contribution in [0, 0.1) is 18.6 Å². The number of halogens is 2. The molecule has 10 heteroatoms. The molecule has 164 valence electrons. The van der Waals surface area contributed by atoms with E-state index in [0.29, 0.717) is 22.8 Å². The van der Waals surface area contributed by atoms with Crippen molar-refractivity contribution in [2.75, 3.05) is 11.9 Å². The van der Waals surface area contributed by atoms with Crippen molar-refractivity contribution in [1.29, 1.82) is 0 Å². The van der Waals surface area contributed by atoms with Crippen molar-refractivity contribution >= 4 is 23.7 Å². The summed E-state index contributed by atoms with van der Waals surface area (Å²) in [6.45, 7) is 2.68. The van der Waals surface area contributed by atoms with Crippen molar-refractivity contribution in [1.82, 2.24) is 20.0 Å². The number of anilines is 1. The Kier molecular flexibility index (Phi) is 5.21. The lowest BCUT2D eigenvalue weighted by atomic mass is 9.92. The molecule has 1 unspecified atom stereocenters. The standard InChI is InChI=1S/C22H19F2N5O3/c1-13-11-18(29(27-13)17-9-7-16(24)8-10-17)25-19(30)12-28-20(31)22(2,26-21(28)32)14-3-5-15(23)6-4-14/h3-11H,12H2,1-2H3,(H,25,30)(H,26,32). The van der Waals surface area contributed by atoms with Gasteiger partial charge in [0.05, 0.1) is 11.4 Å². The zero-order chi connectivity index (χ0) is 23.0. The number of nitrogens with one attached hydrogen (secondary N) is 2. The Balaban J connectivity index is 1.51. The lowest BCUT2D eigenvalue weighted by Gasteiger charge is -2.22. The van der Waals surface area contributed by atoms with Crippen molar-refractivity contribution in [3.8, 4) is 5.69 Å². The van der Waals surface area contributed by atoms with Crippen LogP contribution in [0.2, 0.25) is 0 Å². The Morgan fingerprint density at radius 1 is 1.06 bits per heavy atom. The summed E-state index contributed by atoms with van der Waals surface area (Å²) < 4.78 is 27.9. The molecule has 1 aliphatic rings. The molecule has 1 aromatic heterocycles. The highest BCUT2D eigenvalue weighted by Crippen LogP contribution is 2.29. The lowest BCUT2D eigenvalue weighted by Crippen LogP contribution is -2.42. The second kappa shape index (κ2) is 7.88. The highest BCUT2D eigenvalue weighted by Gasteiger charge is 2.49. The first-order valence-corrected chi connectivity index (χ1v) is 9.70. The summed E-state index contributed by atoms with van der Waals surface area (Å²) in [7, 11) is 0. The first-order valence-electron chi connectivity index (χ1n) is 9.70. The number of benzene rings is 2. The number of nitrogens with zero attached hydrogens (tertiary/aromatic N) is 3. The van der Waals surface area contributed by atoms with Gasteiger partial charge >= 0.3 is 6.03 Å². The van der Waals surface area contributed by atoms with E-state index in [9.17, 15) is 23.2 Å². The number of amides is 4. The molecule has 1 fully saturated rings. The van der Waals surface area contributed by atoms with Crippen LogP contribution in [0.25, 0.3) is 5.69 Å². The largest absolute Gasteiger partial charge is 0.325 e. The number of rotatable bonds is 5. The Hall–Kier alpha value is -4.08. The Labute approximate surface area is 181 Å². The van der Waals surface area contributed by atoms with Gasteiger partial charge in [0, 0.05) is 6.07 Å². The Bertz CT molecular complexity index is 1210. The minimum Gasteiger partial charge on any atom is -0.319 e. The van der Waals surface area contributed by atoms with Crippen LogP contribution < -0.4 is 10.6 Å². The summed E-state index contributed by atoms with van der Waals surface area (Å²) in [5.41, 5.74) is 0.0970. The van der Waals surface area contributed by atoms with Gasteiger partial charge in [-0.3, -0.25) is 14.5 Å². The van der Waals surface area contributed by atoms with Crippen LogP contribution in [-0.4, -0.2) is 39.1 Å². The van der Waals surface area contributed by atoms with Gasteiger partial charge in [0.25, 0.3) is 5.91 Å². The van der Waals surface area contributed by atoms with E-state index in [-0.39, 0.29) is 0 Å². The maximum absolute atomic E-state index is 13.2. The third-order valence-electron chi connectivity index (χ3n) is 5.17. The van der Waals surface area contributed by atoms with E-state index >= 15 is 0 Å². The summed E-state index contributed by atoms with van der Waals surface area (Å²) in [5.74, 6) is -1.84. The van der Waals surface area contributed by atoms with Gasteiger partial charge < -0.3 is 10.6 Å². The van der Waals surface area contributed by atoms with Crippen LogP contribution in [0.3, 0.4) is 0 Å². The zero-order valence-corrected chi connectivity index (χ0v) is 17.2. The molecular formula is C22H19F2N5O3. The average Bonchev–Trinajstić information content (AvgIpc) is 3.21. The fourth-order valence-electron chi connectivity index (χ4n) is 3.51. The topological polar surface area (TPSA) is 96.3 Å². The molecule has 32 heavy (non-hydrogen) atoms. The molecule has 1 saturated heterocycles. The number of carbonyl (C=O) groups is 3. The van der Waals surface area contributed by atoms with Gasteiger partial charge in [-0.15, -0.1) is 0 Å². The molecule has 1 aliphatic heterocycles. The van der Waals surface area contributed by atoms with E-state index in [1.54, 1.807) is 13.0 Å². The van der Waals surface area contributed by atoms with Crippen molar-refractivity contribution < 1.29 is 23.2 Å². The Morgan fingerprint density at radius 3 is 2.28 bits per heavy atom. The molecule has 0 saturated carbocycles. The van der Waals surface area contributed by atoms with Gasteiger partial charge in [-0.25, -0.2) is 18.3 Å². The van der Waals surface area contributed by atoms with Crippen LogP contribution in [0.4, 0.5) is 19.4 Å². The van der Waals surface area contributed by atoms with Crippen molar-refractivity contribution in [2.45, 2.75) is 19.4 Å². The van der Waals surface area contributed by atoms with Gasteiger partial charge in [-0.1, -0.05) is 12.1 Å². The maximum Gasteiger partial charge on any atom is 0.325 e. The van der Waals surface area contributed by atoms with E-state index in [2.05, 4.69) is 15.7 Å². The second-order valence-electron chi connectivity index (χ2n) is 7.56. The predicted molar refractivity (Wildman–Crippen MR) is 111 cm³/mol. The fraction of sp³-hybridized carbons (Fsp3) is 0.182. The molecule has 4 rings (SSSR count). The minimum atomic E-state index is -1.42. The summed E-state index contributed by atoms with van der Waals surface area (Å²) in [4.78, 5) is 38.8. The highest BCUT2D eigenvalue weighted by molar-refractivity contribution is 6.10. The summed E-state index contributed by atoms with van der Waals surface area (Å²) >= 11 is 0. The molecule has 0 radical (unpaired) electrons. The van der Waals surface area contributed by atoms with Crippen molar-refractivity contribution in [3.63, 3.8) is 0 Å². The number of carbonyl (C=O) groups excluding carboxylic acids is 3. The highest BCUT2D eigenvalue weighted by atomic mass is 19.1. The molecule has 2 heterocycles. The number of aromatic nitrogens is 2. The molecule has 0 aliphatic carbocycles. The average molecular weight is 439 g/mol. The van der Waals surface area contributed by atoms with Gasteiger partial charge in [0.15, 0.2) is 0 Å². The van der Waals surface area contributed by atoms with Gasteiger partial charge in [-0.2, -0.15) is 5.10 Å². The second-order valence-corrected chi connectivity index (χ2v) is 7.56. The first kappa shape index (κ1) is 21.2. The minimum absolute atomic E-state index is 0.299. The van der Waals surface area contributed by atoms with E-state index in [4.69, 9.17) is 0 Å². The van der Waals surface area contributed by atoms with Crippen molar-refractivity contribution in [3.05, 3.63) is 77.5 Å². The van der Waals surface area contributed by atoms with Crippen LogP contribution in [0.15, 0.2) is 54.6 Å². The molecule has 2 N–H and O–H groups in total. The number of hydrogen-bond acceptors (Lipinski definition) is 4. The summed E-state index contributed by atoms with van der Waals surface area (Å²) in [5, 5.41) is 9.48. The third-order valence-corrected chi connectivity index (χ3v) is 5.17. The van der Waals surface area contributed by atoms with Gasteiger partial charge in [0.1, 0.15) is 29.5 Å². The third kappa shape index (κ3) is 3.82. The molecule has 0 spiro atoms. The van der Waals surface area contributed by atoms with Crippen LogP contribution >= 0.6 is 0 Å². The van der Waals surface area contributed by atoms with E-state index < -0.39 is 41.6 Å². The molecule has 3 aromatic rings. The predicted octanol–water partition coefficient (Wildman–Crippen LogP) is 2.86. The SMILES string of the molecule is Cc1cc(NC(=O)CN2C(=O)NC(C)(c3ccc(F)cc3)C2=O)n(-c2ccc(F)cc2)n1. The maximum atomic E-state index is 13.2. The van der Waals surface area contributed by atoms with Gasteiger partial charge in [-0.05, 0) is 55.8 Å². The van der Waals surface area contributed by atoms with E-state index in [0.717, 1.165) is 4.90 Å². The number of imide groups is 1. The lowest BCUT2D eigenvalue weighted by molar-refractivity contribution is -0.133. The molecule has 1 atom stereocenters. The molecule has 2 aromatic carbocycles. The van der Waals surface area contributed by atoms with E-state index in [1.165, 1.54) is 60.1 Å². The number of hydrogen-bond donors (Lipinski definition) is 2. The monoisotopic (exact) mass is 439 g/mol.